The number of rotatable bonds is 5. The van der Waals surface area contributed by atoms with Crippen molar-refractivity contribution in [2.45, 2.75) is 65.5 Å². The van der Waals surface area contributed by atoms with Crippen LogP contribution in [0.15, 0.2) is 12.1 Å². The minimum Gasteiger partial charge on any atom is -0.493 e. The average molecular weight is 389 g/mol. The van der Waals surface area contributed by atoms with Crippen molar-refractivity contribution in [3.05, 3.63) is 23.3 Å². The van der Waals surface area contributed by atoms with Crippen molar-refractivity contribution in [2.75, 3.05) is 27.3 Å². The van der Waals surface area contributed by atoms with Gasteiger partial charge in [0.25, 0.3) is 0 Å². The second kappa shape index (κ2) is 8.73. The highest BCUT2D eigenvalue weighted by Crippen LogP contribution is 2.38. The molecule has 1 amide bonds. The van der Waals surface area contributed by atoms with Crippen molar-refractivity contribution in [1.82, 2.24) is 10.2 Å². The molecule has 2 unspecified atom stereocenters. The standard InChI is InChI=1S/C23H36N2O3/c1-23(2,3)18-8-6-7-9-19(18)24-14-22(26)25-11-10-16-12-20(27-4)21(28-5)13-17(16)15-25/h12-13,18-19,24H,6-11,14-15H2,1-5H3. The Labute approximate surface area is 169 Å². The largest absolute Gasteiger partial charge is 0.493 e. The zero-order chi connectivity index (χ0) is 20.3. The monoisotopic (exact) mass is 388 g/mol. The van der Waals surface area contributed by atoms with Crippen LogP contribution in [0.4, 0.5) is 0 Å². The summed E-state index contributed by atoms with van der Waals surface area (Å²) in [5.74, 6) is 2.31. The first-order valence-electron chi connectivity index (χ1n) is 10.6. The lowest BCUT2D eigenvalue weighted by Gasteiger charge is -2.41. The van der Waals surface area contributed by atoms with E-state index >= 15 is 0 Å². The molecular formula is C23H36N2O3. The van der Waals surface area contributed by atoms with Crippen LogP contribution in [0.25, 0.3) is 0 Å². The van der Waals surface area contributed by atoms with Gasteiger partial charge in [0.1, 0.15) is 0 Å². The molecule has 156 valence electrons. The maximum atomic E-state index is 12.9. The number of methoxy groups -OCH3 is 2. The van der Waals surface area contributed by atoms with Crippen molar-refractivity contribution in [3.8, 4) is 11.5 Å². The fourth-order valence-corrected chi connectivity index (χ4v) is 4.84. The quantitative estimate of drug-likeness (QED) is 0.834. The van der Waals surface area contributed by atoms with Gasteiger partial charge in [-0.05, 0) is 53.9 Å². The van der Waals surface area contributed by atoms with Crippen molar-refractivity contribution < 1.29 is 14.3 Å². The maximum Gasteiger partial charge on any atom is 0.236 e. The zero-order valence-corrected chi connectivity index (χ0v) is 18.1. The van der Waals surface area contributed by atoms with Crippen LogP contribution in [0, 0.1) is 11.3 Å². The van der Waals surface area contributed by atoms with Crippen LogP contribution in [0.3, 0.4) is 0 Å². The van der Waals surface area contributed by atoms with E-state index in [1.165, 1.54) is 31.2 Å². The minimum atomic E-state index is 0.193. The van der Waals surface area contributed by atoms with E-state index in [2.05, 4.69) is 26.1 Å². The lowest BCUT2D eigenvalue weighted by molar-refractivity contribution is -0.131. The summed E-state index contributed by atoms with van der Waals surface area (Å²) in [6.45, 7) is 8.80. The number of carbonyl (C=O) groups excluding carboxylic acids is 1. The molecule has 1 aromatic carbocycles. The summed E-state index contributed by atoms with van der Waals surface area (Å²) in [5, 5.41) is 3.60. The third-order valence-corrected chi connectivity index (χ3v) is 6.46. The molecule has 1 aliphatic carbocycles. The predicted molar refractivity (Wildman–Crippen MR) is 112 cm³/mol. The number of nitrogens with zero attached hydrogens (tertiary/aromatic N) is 1. The van der Waals surface area contributed by atoms with E-state index in [1.54, 1.807) is 14.2 Å². The molecule has 3 rings (SSSR count). The van der Waals surface area contributed by atoms with Gasteiger partial charge in [-0.15, -0.1) is 0 Å². The average Bonchev–Trinajstić information content (AvgIpc) is 2.69. The number of carbonyl (C=O) groups is 1. The van der Waals surface area contributed by atoms with E-state index in [9.17, 15) is 4.79 Å². The molecule has 0 radical (unpaired) electrons. The Kier molecular flexibility index (Phi) is 6.54. The summed E-state index contributed by atoms with van der Waals surface area (Å²) in [4.78, 5) is 14.9. The summed E-state index contributed by atoms with van der Waals surface area (Å²) < 4.78 is 10.8. The van der Waals surface area contributed by atoms with Gasteiger partial charge in [-0.1, -0.05) is 33.6 Å². The Bertz CT molecular complexity index is 696. The SMILES string of the molecule is COc1cc2c(cc1OC)CN(C(=O)CNC1CCCCC1C(C)(C)C)CC2. The van der Waals surface area contributed by atoms with Crippen molar-refractivity contribution in [3.63, 3.8) is 0 Å². The topological polar surface area (TPSA) is 50.8 Å². The number of hydrogen-bond acceptors (Lipinski definition) is 4. The third-order valence-electron chi connectivity index (χ3n) is 6.46. The molecule has 5 heteroatoms. The molecule has 0 aromatic heterocycles. The normalized spacial score (nSPS) is 22.5. The molecule has 5 nitrogen and oxygen atoms in total. The Morgan fingerprint density at radius 3 is 2.39 bits per heavy atom. The van der Waals surface area contributed by atoms with Crippen molar-refractivity contribution >= 4 is 5.91 Å². The first-order valence-corrected chi connectivity index (χ1v) is 10.6. The molecule has 28 heavy (non-hydrogen) atoms. The molecule has 0 bridgehead atoms. The first kappa shape index (κ1) is 21.0. The van der Waals surface area contributed by atoms with Crippen LogP contribution in [0.1, 0.15) is 57.6 Å². The smallest absolute Gasteiger partial charge is 0.236 e. The molecule has 1 fully saturated rings. The van der Waals surface area contributed by atoms with Gasteiger partial charge >= 0.3 is 0 Å². The summed E-state index contributed by atoms with van der Waals surface area (Å²) >= 11 is 0. The lowest BCUT2D eigenvalue weighted by atomic mass is 9.69. The molecule has 1 N–H and O–H groups in total. The van der Waals surface area contributed by atoms with Gasteiger partial charge in [-0.3, -0.25) is 4.79 Å². The third kappa shape index (κ3) is 4.62. The van der Waals surface area contributed by atoms with E-state index < -0.39 is 0 Å². The maximum absolute atomic E-state index is 12.9. The van der Waals surface area contributed by atoms with Gasteiger partial charge in [0.2, 0.25) is 5.91 Å². The fraction of sp³-hybridized carbons (Fsp3) is 0.696. The molecule has 1 saturated carbocycles. The van der Waals surface area contributed by atoms with Crippen LogP contribution >= 0.6 is 0 Å². The Morgan fingerprint density at radius 1 is 1.11 bits per heavy atom. The van der Waals surface area contributed by atoms with Crippen LogP contribution in [-0.4, -0.2) is 44.2 Å². The van der Waals surface area contributed by atoms with Gasteiger partial charge in [0, 0.05) is 19.1 Å². The molecule has 0 saturated heterocycles. The van der Waals surface area contributed by atoms with Gasteiger partial charge in [-0.25, -0.2) is 0 Å². The van der Waals surface area contributed by atoms with E-state index in [0.717, 1.165) is 30.0 Å². The van der Waals surface area contributed by atoms with E-state index in [1.807, 2.05) is 17.0 Å². The highest BCUT2D eigenvalue weighted by molar-refractivity contribution is 5.78. The highest BCUT2D eigenvalue weighted by Gasteiger charge is 2.34. The van der Waals surface area contributed by atoms with Crippen molar-refractivity contribution in [1.29, 1.82) is 0 Å². The molecule has 0 spiro atoms. The summed E-state index contributed by atoms with van der Waals surface area (Å²) in [5.41, 5.74) is 2.68. The van der Waals surface area contributed by atoms with Gasteiger partial charge in [0.15, 0.2) is 11.5 Å². The molecule has 2 aliphatic rings. The van der Waals surface area contributed by atoms with Gasteiger partial charge < -0.3 is 19.7 Å². The number of benzene rings is 1. The van der Waals surface area contributed by atoms with Crippen molar-refractivity contribution in [2.24, 2.45) is 11.3 Å². The molecular weight excluding hydrogens is 352 g/mol. The summed E-state index contributed by atoms with van der Waals surface area (Å²) in [6.07, 6.45) is 5.86. The summed E-state index contributed by atoms with van der Waals surface area (Å²) in [7, 11) is 3.31. The predicted octanol–water partition coefficient (Wildman–Crippen LogP) is 3.78. The van der Waals surface area contributed by atoms with Crippen LogP contribution < -0.4 is 14.8 Å². The van der Waals surface area contributed by atoms with E-state index in [-0.39, 0.29) is 11.3 Å². The zero-order valence-electron chi connectivity index (χ0n) is 18.1. The van der Waals surface area contributed by atoms with E-state index in [0.29, 0.717) is 25.0 Å². The van der Waals surface area contributed by atoms with Gasteiger partial charge in [0.05, 0.1) is 20.8 Å². The Hall–Kier alpha value is -1.75. The van der Waals surface area contributed by atoms with Crippen LogP contribution in [-0.2, 0) is 17.8 Å². The number of amides is 1. The first-order chi connectivity index (χ1) is 13.3. The number of ether oxygens (including phenoxy) is 2. The van der Waals surface area contributed by atoms with E-state index in [4.69, 9.17) is 9.47 Å². The second-order valence-electron chi connectivity index (χ2n) is 9.29. The lowest BCUT2D eigenvalue weighted by Crippen LogP contribution is -2.49. The fourth-order valence-electron chi connectivity index (χ4n) is 4.84. The molecule has 1 aliphatic heterocycles. The molecule has 1 heterocycles. The second-order valence-corrected chi connectivity index (χ2v) is 9.29. The number of hydrogen-bond donors (Lipinski definition) is 1. The van der Waals surface area contributed by atoms with Crippen LogP contribution in [0.5, 0.6) is 11.5 Å². The number of fused-ring (bicyclic) bond motifs is 1. The Balaban J connectivity index is 1.61. The number of nitrogens with one attached hydrogen (secondary N) is 1. The minimum absolute atomic E-state index is 0.193. The summed E-state index contributed by atoms with van der Waals surface area (Å²) in [6, 6.07) is 4.50. The molecule has 2 atom stereocenters. The van der Waals surface area contributed by atoms with Crippen LogP contribution in [0.2, 0.25) is 0 Å². The molecule has 1 aromatic rings. The van der Waals surface area contributed by atoms with Gasteiger partial charge in [-0.2, -0.15) is 0 Å². The highest BCUT2D eigenvalue weighted by atomic mass is 16.5. The Morgan fingerprint density at radius 2 is 1.75 bits per heavy atom.